The average molecular weight is 1170 g/mol. The molecule has 2 aliphatic rings. The van der Waals surface area contributed by atoms with Gasteiger partial charge in [-0.2, -0.15) is 0 Å². The van der Waals surface area contributed by atoms with Crippen LogP contribution in [0.1, 0.15) is 293 Å². The highest BCUT2D eigenvalue weighted by molar-refractivity contribution is 7.16. The van der Waals surface area contributed by atoms with Crippen LogP contribution in [0.4, 0.5) is 0 Å². The zero-order valence-electron chi connectivity index (χ0n) is 54.1. The first-order valence-corrected chi connectivity index (χ1v) is 36.6. The number of thiophene rings is 2. The molecule has 5 aromatic rings. The maximum atomic E-state index is 16.0. The van der Waals surface area contributed by atoms with Gasteiger partial charge in [-0.05, 0) is 118 Å². The second-order valence-corrected chi connectivity index (χ2v) is 28.4. The third kappa shape index (κ3) is 19.0. The molecule has 0 aliphatic carbocycles. The molecule has 0 bridgehead atoms. The minimum atomic E-state index is 0.0465. The number of hydrogen-bond donors (Lipinski definition) is 0. The molecule has 0 radical (unpaired) electrons. The third-order valence-corrected chi connectivity index (χ3v) is 21.1. The Morgan fingerprint density at radius 1 is 0.361 bits per heavy atom. The highest BCUT2D eigenvalue weighted by Crippen LogP contribution is 2.51. The molecule has 7 rings (SSSR count). The fraction of sp³-hybridized carbons (Fsp3) is 0.658. The van der Waals surface area contributed by atoms with E-state index in [-0.39, 0.29) is 11.8 Å². The van der Waals surface area contributed by atoms with Crippen molar-refractivity contribution in [2.75, 3.05) is 13.1 Å². The summed E-state index contributed by atoms with van der Waals surface area (Å²) < 4.78 is 2.70. The summed E-state index contributed by atoms with van der Waals surface area (Å²) in [6, 6.07) is 23.3. The lowest BCUT2D eigenvalue weighted by Gasteiger charge is -2.29. The Kier molecular flexibility index (Phi) is 29.1. The topological polar surface area (TPSA) is 45.6 Å². The number of hydrogen-bond acceptors (Lipinski definition) is 4. The maximum absolute atomic E-state index is 16.0. The Bertz CT molecular complexity index is 2780. The van der Waals surface area contributed by atoms with Crippen molar-refractivity contribution in [3.05, 3.63) is 92.0 Å². The van der Waals surface area contributed by atoms with Gasteiger partial charge in [0.2, 0.25) is 0 Å². The van der Waals surface area contributed by atoms with Crippen LogP contribution in [-0.4, -0.2) is 39.3 Å². The quantitative estimate of drug-likeness (QED) is 0.0365. The Balaban J connectivity index is 1.30. The zero-order valence-corrected chi connectivity index (χ0v) is 55.7. The summed E-state index contributed by atoms with van der Waals surface area (Å²) >= 11 is 3.54. The summed E-state index contributed by atoms with van der Waals surface area (Å²) in [6.45, 7) is 20.7. The Labute approximate surface area is 514 Å². The van der Waals surface area contributed by atoms with Crippen molar-refractivity contribution in [3.63, 3.8) is 0 Å². The highest BCUT2D eigenvalue weighted by atomic mass is 32.1. The molecule has 0 fully saturated rings. The van der Waals surface area contributed by atoms with Crippen molar-refractivity contribution < 1.29 is 9.59 Å². The van der Waals surface area contributed by atoms with Crippen molar-refractivity contribution in [1.82, 2.24) is 14.4 Å². The number of carbonyl (C=O) groups is 2. The molecular formula is C76H115N3O2S2. The number of carbonyl (C=O) groups excluding carboxylic acids is 2. The van der Waals surface area contributed by atoms with Gasteiger partial charge in [0.25, 0.3) is 11.8 Å². The molecule has 0 saturated carbocycles. The number of aryl methyl sites for hydroxylation is 2. The summed E-state index contributed by atoms with van der Waals surface area (Å²) in [5, 5.41) is 2.68. The lowest BCUT2D eigenvalue weighted by atomic mass is 9.93. The van der Waals surface area contributed by atoms with Crippen LogP contribution in [-0.2, 0) is 16.1 Å². The van der Waals surface area contributed by atoms with Crippen LogP contribution in [0.5, 0.6) is 0 Å². The first kappa shape index (κ1) is 66.6. The Morgan fingerprint density at radius 2 is 0.711 bits per heavy atom. The van der Waals surface area contributed by atoms with E-state index in [1.807, 2.05) is 0 Å². The lowest BCUT2D eigenvalue weighted by Crippen LogP contribution is -2.34. The van der Waals surface area contributed by atoms with E-state index in [1.54, 1.807) is 22.7 Å². The molecule has 458 valence electrons. The molecule has 83 heavy (non-hydrogen) atoms. The molecule has 0 saturated heterocycles. The van der Waals surface area contributed by atoms with Crippen molar-refractivity contribution in [2.45, 2.75) is 293 Å². The molecule has 5 nitrogen and oxygen atoms in total. The van der Waals surface area contributed by atoms with Gasteiger partial charge in [0.1, 0.15) is 0 Å². The van der Waals surface area contributed by atoms with E-state index in [4.69, 9.17) is 0 Å². The van der Waals surface area contributed by atoms with Crippen LogP contribution in [0.3, 0.4) is 0 Å². The van der Waals surface area contributed by atoms with Crippen molar-refractivity contribution in [3.8, 4) is 10.4 Å². The molecular weight excluding hydrogens is 1050 g/mol. The molecule has 2 aromatic carbocycles. The lowest BCUT2D eigenvalue weighted by molar-refractivity contribution is -0.124. The molecule has 0 spiro atoms. The van der Waals surface area contributed by atoms with Crippen LogP contribution in [0.2, 0.25) is 0 Å². The van der Waals surface area contributed by atoms with Crippen LogP contribution >= 0.6 is 22.7 Å². The fourth-order valence-corrected chi connectivity index (χ4v) is 16.0. The molecule has 2 aliphatic heterocycles. The third-order valence-electron chi connectivity index (χ3n) is 18.9. The van der Waals surface area contributed by atoms with Crippen molar-refractivity contribution in [2.24, 2.45) is 17.8 Å². The van der Waals surface area contributed by atoms with E-state index in [0.717, 1.165) is 53.4 Å². The summed E-state index contributed by atoms with van der Waals surface area (Å²) in [5.41, 5.74) is 8.31. The van der Waals surface area contributed by atoms with Crippen LogP contribution < -0.4 is 0 Å². The largest absolute Gasteiger partial charge is 0.340 e. The Hall–Kier alpha value is -3.94. The van der Waals surface area contributed by atoms with Gasteiger partial charge in [-0.25, -0.2) is 0 Å². The number of unbranched alkanes of at least 4 members (excludes halogenated alkanes) is 24. The zero-order chi connectivity index (χ0) is 58.8. The summed E-state index contributed by atoms with van der Waals surface area (Å²) in [6.07, 6.45) is 45.4. The first-order chi connectivity index (χ1) is 40.6. The van der Waals surface area contributed by atoms with Crippen molar-refractivity contribution in [1.29, 1.82) is 0 Å². The number of rotatable bonds is 45. The van der Waals surface area contributed by atoms with E-state index in [2.05, 4.69) is 130 Å². The number of aromatic nitrogens is 1. The predicted molar refractivity (Wildman–Crippen MR) is 365 cm³/mol. The summed E-state index contributed by atoms with van der Waals surface area (Å²) in [4.78, 5) is 40.7. The van der Waals surface area contributed by atoms with E-state index in [1.165, 1.54) is 248 Å². The second kappa shape index (κ2) is 36.3. The van der Waals surface area contributed by atoms with E-state index < -0.39 is 0 Å². The normalized spacial score (nSPS) is 14.9. The van der Waals surface area contributed by atoms with Gasteiger partial charge in [0, 0.05) is 51.2 Å². The smallest absolute Gasteiger partial charge is 0.261 e. The molecule has 3 atom stereocenters. The molecule has 2 amide bonds. The molecule has 3 unspecified atom stereocenters. The Morgan fingerprint density at radius 3 is 1.13 bits per heavy atom. The minimum Gasteiger partial charge on any atom is -0.340 e. The van der Waals surface area contributed by atoms with E-state index in [0.29, 0.717) is 42.0 Å². The van der Waals surface area contributed by atoms with Crippen LogP contribution in [0, 0.1) is 31.6 Å². The summed E-state index contributed by atoms with van der Waals surface area (Å²) in [5.74, 6) is 1.51. The maximum Gasteiger partial charge on any atom is 0.261 e. The van der Waals surface area contributed by atoms with Crippen molar-refractivity contribution >= 4 is 67.7 Å². The average Bonchev–Trinajstić information content (AvgIpc) is 2.23. The molecule has 0 N–H and O–H groups in total. The number of fused-ring (bicyclic) bond motifs is 4. The molecule has 5 heterocycles. The minimum absolute atomic E-state index is 0.0465. The van der Waals surface area contributed by atoms with Gasteiger partial charge >= 0.3 is 0 Å². The van der Waals surface area contributed by atoms with E-state index >= 15 is 9.59 Å². The fourth-order valence-electron chi connectivity index (χ4n) is 14.0. The molecule has 7 heteroatoms. The number of nitrogens with zero attached hydrogens (tertiary/aromatic N) is 3. The van der Waals surface area contributed by atoms with Crippen LogP contribution in [0.15, 0.2) is 71.8 Å². The SMILES string of the molecule is CCCCCCCCC(CCCCCC)CN1C(=O)C2=C(c3ccc(-c4ccc5c6ccc(C)cc6n(CC(CCCCCC)CCCCCCCC)c5c4)s3)N(CC(CCCCCC)CCCCCCCC)C(=O)C2=C1c1ccc(C)s1. The van der Waals surface area contributed by atoms with Crippen LogP contribution in [0.25, 0.3) is 43.6 Å². The highest BCUT2D eigenvalue weighted by Gasteiger charge is 2.50. The predicted octanol–water partition coefficient (Wildman–Crippen LogP) is 24.0. The van der Waals surface area contributed by atoms with Gasteiger partial charge in [0.05, 0.1) is 32.3 Å². The summed E-state index contributed by atoms with van der Waals surface area (Å²) in [7, 11) is 0. The van der Waals surface area contributed by atoms with E-state index in [9.17, 15) is 0 Å². The number of benzene rings is 2. The van der Waals surface area contributed by atoms with Gasteiger partial charge < -0.3 is 14.4 Å². The van der Waals surface area contributed by atoms with Gasteiger partial charge in [-0.15, -0.1) is 22.7 Å². The number of amides is 2. The second-order valence-electron chi connectivity index (χ2n) is 26.0. The standard InChI is InChI=1S/C76H115N3O2S2/c1-9-15-21-27-30-36-42-60(39-33-24-18-12-4)55-77-66-53-58(7)45-48-64(66)65-49-47-63(54-67(65)77)68-51-52-70(83-68)74-72-71(75(80)79(74)57-62(41-35-26-20-14-6)44-38-32-29-23-17-11-3)73(69-50-46-59(8)82-69)78(76(72)81)56-61(40-34-25-19-13-5)43-37-31-28-22-16-10-2/h45-54,60-62H,9-44,55-57H2,1-8H3. The van der Waals surface area contributed by atoms with Gasteiger partial charge in [-0.1, -0.05) is 258 Å². The monoisotopic (exact) mass is 1170 g/mol. The molecule has 3 aromatic heterocycles. The first-order valence-electron chi connectivity index (χ1n) is 35.0. The van der Waals surface area contributed by atoms with Gasteiger partial charge in [0.15, 0.2) is 0 Å². The van der Waals surface area contributed by atoms with Gasteiger partial charge in [-0.3, -0.25) is 9.59 Å².